The van der Waals surface area contributed by atoms with Crippen molar-refractivity contribution >= 4 is 23.5 Å². The Bertz CT molecular complexity index is 669. The van der Waals surface area contributed by atoms with Crippen molar-refractivity contribution < 1.29 is 29.3 Å². The molecule has 7 nitrogen and oxygen atoms in total. The molecular weight excluding hydrogens is 350 g/mol. The fraction of sp³-hybridized carbons (Fsp3) is 0.450. The normalized spacial score (nSPS) is 14.4. The van der Waals surface area contributed by atoms with E-state index in [1.54, 1.807) is 0 Å². The minimum atomic E-state index is -1.82. The van der Waals surface area contributed by atoms with Crippen molar-refractivity contribution in [3.05, 3.63) is 41.5 Å². The summed E-state index contributed by atoms with van der Waals surface area (Å²) in [6.45, 7) is 9.38. The number of aliphatic carboxylic acids is 2. The van der Waals surface area contributed by atoms with Gasteiger partial charge in [0.25, 0.3) is 0 Å². The Morgan fingerprint density at radius 2 is 1.70 bits per heavy atom. The van der Waals surface area contributed by atoms with Crippen LogP contribution in [-0.4, -0.2) is 59.3 Å². The van der Waals surface area contributed by atoms with Crippen LogP contribution >= 0.6 is 0 Å². The second-order valence-corrected chi connectivity index (χ2v) is 6.54. The molecule has 0 aromatic heterocycles. The van der Waals surface area contributed by atoms with Crippen LogP contribution in [0.15, 0.2) is 35.9 Å². The lowest BCUT2D eigenvalue weighted by Gasteiger charge is -2.29. The third kappa shape index (κ3) is 7.62. The van der Waals surface area contributed by atoms with Gasteiger partial charge in [-0.25, -0.2) is 14.4 Å². The maximum Gasteiger partial charge on any atom is 0.414 e. The molecule has 7 heteroatoms. The number of hydrogen-bond donors (Lipinski definition) is 2. The smallest absolute Gasteiger partial charge is 0.414 e. The number of likely N-dealkylation sites (N-methyl/N-ethyl adjacent to an activating group) is 1. The Morgan fingerprint density at radius 1 is 1.11 bits per heavy atom. The molecule has 0 radical (unpaired) electrons. The minimum Gasteiger partial charge on any atom is -0.473 e. The van der Waals surface area contributed by atoms with Gasteiger partial charge in [-0.3, -0.25) is 4.90 Å². The number of rotatable bonds is 5. The predicted octanol–water partition coefficient (Wildman–Crippen LogP) is 2.52. The maximum atomic E-state index is 12.4. The molecule has 1 aromatic rings. The van der Waals surface area contributed by atoms with Gasteiger partial charge >= 0.3 is 17.9 Å². The molecule has 0 saturated heterocycles. The van der Waals surface area contributed by atoms with Gasteiger partial charge in [0.05, 0.1) is 12.2 Å². The van der Waals surface area contributed by atoms with Crippen molar-refractivity contribution in [2.45, 2.75) is 27.2 Å². The SMILES string of the molecule is CCN1CCC(c2ccccc2)=C(C(=O)OCC(C)C)C1.O=C(O)C(=O)O. The van der Waals surface area contributed by atoms with Crippen molar-refractivity contribution in [3.8, 4) is 0 Å². The average Bonchev–Trinajstić information content (AvgIpc) is 2.66. The van der Waals surface area contributed by atoms with E-state index in [9.17, 15) is 4.79 Å². The molecule has 0 atom stereocenters. The van der Waals surface area contributed by atoms with E-state index in [1.807, 2.05) is 18.2 Å². The van der Waals surface area contributed by atoms with Gasteiger partial charge in [0.1, 0.15) is 0 Å². The van der Waals surface area contributed by atoms with Crippen LogP contribution in [0.2, 0.25) is 0 Å². The van der Waals surface area contributed by atoms with E-state index in [1.165, 1.54) is 0 Å². The van der Waals surface area contributed by atoms with E-state index in [0.29, 0.717) is 19.1 Å². The topological polar surface area (TPSA) is 104 Å². The molecule has 2 N–H and O–H groups in total. The molecule has 1 aromatic carbocycles. The Kier molecular flexibility index (Phi) is 9.22. The number of carbonyl (C=O) groups excluding carboxylic acids is 1. The summed E-state index contributed by atoms with van der Waals surface area (Å²) in [4.78, 5) is 32.9. The molecule has 0 saturated carbocycles. The second kappa shape index (κ2) is 11.1. The van der Waals surface area contributed by atoms with Gasteiger partial charge < -0.3 is 14.9 Å². The van der Waals surface area contributed by atoms with Crippen LogP contribution in [0.5, 0.6) is 0 Å². The number of benzene rings is 1. The van der Waals surface area contributed by atoms with Crippen LogP contribution in [0.25, 0.3) is 5.57 Å². The van der Waals surface area contributed by atoms with Gasteiger partial charge in [-0.05, 0) is 30.0 Å². The van der Waals surface area contributed by atoms with Gasteiger partial charge in [-0.1, -0.05) is 51.1 Å². The first kappa shape index (κ1) is 22.4. The number of carbonyl (C=O) groups is 3. The zero-order valence-electron chi connectivity index (χ0n) is 16.0. The summed E-state index contributed by atoms with van der Waals surface area (Å²) in [6, 6.07) is 10.2. The minimum absolute atomic E-state index is 0.152. The zero-order chi connectivity index (χ0) is 20.4. The lowest BCUT2D eigenvalue weighted by molar-refractivity contribution is -0.159. The number of nitrogens with zero attached hydrogens (tertiary/aromatic N) is 1. The highest BCUT2D eigenvalue weighted by Gasteiger charge is 2.25. The van der Waals surface area contributed by atoms with Crippen molar-refractivity contribution in [2.75, 3.05) is 26.2 Å². The van der Waals surface area contributed by atoms with Crippen LogP contribution < -0.4 is 0 Å². The molecule has 1 heterocycles. The number of carboxylic acid groups (broad SMARTS) is 2. The average molecular weight is 377 g/mol. The highest BCUT2D eigenvalue weighted by molar-refractivity contribution is 6.27. The lowest BCUT2D eigenvalue weighted by atomic mass is 9.93. The number of hydrogen-bond acceptors (Lipinski definition) is 5. The van der Waals surface area contributed by atoms with Crippen molar-refractivity contribution in [1.29, 1.82) is 0 Å². The Hall–Kier alpha value is -2.67. The van der Waals surface area contributed by atoms with Crippen LogP contribution in [0.3, 0.4) is 0 Å². The number of esters is 1. The maximum absolute atomic E-state index is 12.4. The van der Waals surface area contributed by atoms with E-state index in [0.717, 1.165) is 36.2 Å². The first-order chi connectivity index (χ1) is 12.8. The molecule has 0 fully saturated rings. The van der Waals surface area contributed by atoms with Crippen LogP contribution in [-0.2, 0) is 19.1 Å². The molecule has 148 valence electrons. The molecule has 1 aliphatic rings. The molecule has 0 bridgehead atoms. The van der Waals surface area contributed by atoms with Crippen molar-refractivity contribution in [2.24, 2.45) is 5.92 Å². The third-order valence-corrected chi connectivity index (χ3v) is 3.97. The molecule has 27 heavy (non-hydrogen) atoms. The van der Waals surface area contributed by atoms with E-state index in [4.69, 9.17) is 24.5 Å². The second-order valence-electron chi connectivity index (χ2n) is 6.54. The van der Waals surface area contributed by atoms with Gasteiger partial charge in [-0.2, -0.15) is 0 Å². The first-order valence-corrected chi connectivity index (χ1v) is 8.89. The molecule has 1 aliphatic heterocycles. The lowest BCUT2D eigenvalue weighted by Crippen LogP contribution is -2.34. The molecule has 0 aliphatic carbocycles. The van der Waals surface area contributed by atoms with Gasteiger partial charge in [0.15, 0.2) is 0 Å². The zero-order valence-corrected chi connectivity index (χ0v) is 16.0. The quantitative estimate of drug-likeness (QED) is 0.600. The molecule has 0 unspecified atom stereocenters. The molecular formula is C20H27NO6. The van der Waals surface area contributed by atoms with Gasteiger partial charge in [0.2, 0.25) is 0 Å². The number of ether oxygens (including phenoxy) is 1. The van der Waals surface area contributed by atoms with Crippen LogP contribution in [0.4, 0.5) is 0 Å². The molecule has 2 rings (SSSR count). The molecule has 0 spiro atoms. The standard InChI is InChI=1S/C18H25NO2.C2H2O4/c1-4-19-11-10-16(15-8-6-5-7-9-15)17(12-19)18(20)21-13-14(2)3;3-1(4)2(5)6/h5-9,14H,4,10-13H2,1-3H3;(H,3,4)(H,5,6). The monoisotopic (exact) mass is 377 g/mol. The van der Waals surface area contributed by atoms with Crippen LogP contribution in [0, 0.1) is 5.92 Å². The third-order valence-electron chi connectivity index (χ3n) is 3.97. The summed E-state index contributed by atoms with van der Waals surface area (Å²) >= 11 is 0. The Labute approximate surface area is 159 Å². The van der Waals surface area contributed by atoms with E-state index >= 15 is 0 Å². The largest absolute Gasteiger partial charge is 0.473 e. The summed E-state index contributed by atoms with van der Waals surface area (Å²) in [7, 11) is 0. The highest BCUT2D eigenvalue weighted by atomic mass is 16.5. The Balaban J connectivity index is 0.000000527. The predicted molar refractivity (Wildman–Crippen MR) is 101 cm³/mol. The first-order valence-electron chi connectivity index (χ1n) is 8.89. The summed E-state index contributed by atoms with van der Waals surface area (Å²) in [6.07, 6.45) is 0.907. The summed E-state index contributed by atoms with van der Waals surface area (Å²) in [5.41, 5.74) is 3.12. The number of carboxylic acids is 2. The van der Waals surface area contributed by atoms with Gasteiger partial charge in [-0.15, -0.1) is 0 Å². The summed E-state index contributed by atoms with van der Waals surface area (Å²) in [5, 5.41) is 14.8. The van der Waals surface area contributed by atoms with E-state index in [2.05, 4.69) is 37.8 Å². The van der Waals surface area contributed by atoms with Gasteiger partial charge in [0, 0.05) is 13.1 Å². The Morgan fingerprint density at radius 3 is 2.19 bits per heavy atom. The van der Waals surface area contributed by atoms with Crippen molar-refractivity contribution in [1.82, 2.24) is 4.90 Å². The summed E-state index contributed by atoms with van der Waals surface area (Å²) < 4.78 is 5.46. The van der Waals surface area contributed by atoms with Crippen molar-refractivity contribution in [3.63, 3.8) is 0 Å². The van der Waals surface area contributed by atoms with E-state index < -0.39 is 11.9 Å². The van der Waals surface area contributed by atoms with E-state index in [-0.39, 0.29) is 5.97 Å². The summed E-state index contributed by atoms with van der Waals surface area (Å²) in [5.74, 6) is -3.44. The fourth-order valence-corrected chi connectivity index (χ4v) is 2.56. The fourth-order valence-electron chi connectivity index (χ4n) is 2.56. The highest BCUT2D eigenvalue weighted by Crippen LogP contribution is 2.28. The van der Waals surface area contributed by atoms with Crippen LogP contribution in [0.1, 0.15) is 32.8 Å². The molecule has 0 amide bonds.